The fraction of sp³-hybridized carbons (Fsp3) is 0.286. The Balaban J connectivity index is 1.87. The molecule has 0 radical (unpaired) electrons. The van der Waals surface area contributed by atoms with E-state index in [4.69, 9.17) is 0 Å². The van der Waals surface area contributed by atoms with E-state index in [1.807, 2.05) is 73.9 Å². The van der Waals surface area contributed by atoms with Crippen LogP contribution in [-0.2, 0) is 16.1 Å². The molecule has 2 aromatic carbocycles. The number of imidazole rings is 1. The van der Waals surface area contributed by atoms with Crippen molar-refractivity contribution < 1.29 is 9.59 Å². The minimum absolute atomic E-state index is 0.0505. The Kier molecular flexibility index (Phi) is 6.14. The van der Waals surface area contributed by atoms with Crippen LogP contribution in [0.25, 0.3) is 11.0 Å². The van der Waals surface area contributed by atoms with Gasteiger partial charge in [-0.05, 0) is 43.3 Å². The van der Waals surface area contributed by atoms with Gasteiger partial charge in [-0.15, -0.1) is 0 Å². The summed E-state index contributed by atoms with van der Waals surface area (Å²) in [4.78, 5) is 29.4. The van der Waals surface area contributed by atoms with Crippen LogP contribution in [0.3, 0.4) is 0 Å². The third-order valence-electron chi connectivity index (χ3n) is 4.38. The third-order valence-corrected chi connectivity index (χ3v) is 4.91. The maximum absolute atomic E-state index is 12.7. The zero-order chi connectivity index (χ0) is 20.3. The number of amides is 2. The number of rotatable bonds is 6. The van der Waals surface area contributed by atoms with Gasteiger partial charge in [0.1, 0.15) is 12.4 Å². The van der Waals surface area contributed by atoms with Gasteiger partial charge in [-0.1, -0.05) is 41.9 Å². The number of para-hydroxylation sites is 2. The lowest BCUT2D eigenvalue weighted by molar-refractivity contribution is -0.124. The monoisotopic (exact) mass is 442 g/mol. The Hall–Kier alpha value is -2.67. The van der Waals surface area contributed by atoms with Crippen LogP contribution in [-0.4, -0.2) is 21.4 Å². The summed E-state index contributed by atoms with van der Waals surface area (Å²) in [6.07, 6.45) is 0. The Bertz CT molecular complexity index is 995. The molecule has 28 heavy (non-hydrogen) atoms. The molecule has 6 nitrogen and oxygen atoms in total. The maximum atomic E-state index is 12.7. The Morgan fingerprint density at radius 2 is 1.75 bits per heavy atom. The van der Waals surface area contributed by atoms with Crippen molar-refractivity contribution in [2.75, 3.05) is 5.32 Å². The van der Waals surface area contributed by atoms with Crippen LogP contribution < -0.4 is 10.6 Å². The van der Waals surface area contributed by atoms with Crippen LogP contribution >= 0.6 is 15.9 Å². The lowest BCUT2D eigenvalue weighted by atomic mass is 10.2. The first-order chi connectivity index (χ1) is 13.3. The molecule has 7 heteroatoms. The number of anilines is 1. The fourth-order valence-electron chi connectivity index (χ4n) is 2.91. The van der Waals surface area contributed by atoms with E-state index < -0.39 is 0 Å². The van der Waals surface area contributed by atoms with Crippen molar-refractivity contribution in [2.45, 2.75) is 33.4 Å². The molecule has 0 saturated heterocycles. The molecular weight excluding hydrogens is 420 g/mol. The van der Waals surface area contributed by atoms with Crippen LogP contribution in [0.15, 0.2) is 53.0 Å². The zero-order valence-electron chi connectivity index (χ0n) is 16.1. The minimum atomic E-state index is -0.317. The molecule has 0 aliphatic carbocycles. The highest BCUT2D eigenvalue weighted by molar-refractivity contribution is 9.10. The molecule has 2 N–H and O–H groups in total. The van der Waals surface area contributed by atoms with Crippen LogP contribution in [0.2, 0.25) is 0 Å². The van der Waals surface area contributed by atoms with Crippen LogP contribution in [0.1, 0.15) is 32.6 Å². The molecule has 0 aliphatic heterocycles. The maximum Gasteiger partial charge on any atom is 0.244 e. The highest BCUT2D eigenvalue weighted by atomic mass is 79.9. The Morgan fingerprint density at radius 3 is 2.43 bits per heavy atom. The normalized spacial score (nSPS) is 12.2. The lowest BCUT2D eigenvalue weighted by Gasteiger charge is -2.17. The number of nitrogens with one attached hydrogen (secondary N) is 2. The molecular formula is C21H23BrN4O2. The van der Waals surface area contributed by atoms with Gasteiger partial charge in [-0.2, -0.15) is 0 Å². The molecule has 0 saturated carbocycles. The van der Waals surface area contributed by atoms with Crippen molar-refractivity contribution in [2.24, 2.45) is 5.92 Å². The molecule has 0 fully saturated rings. The molecule has 3 rings (SSSR count). The highest BCUT2D eigenvalue weighted by Crippen LogP contribution is 2.22. The summed E-state index contributed by atoms with van der Waals surface area (Å²) in [6.45, 7) is 5.67. The predicted octanol–water partition coefficient (Wildman–Crippen LogP) is 4.27. The molecule has 3 aromatic rings. The number of hydrogen-bond donors (Lipinski definition) is 2. The van der Waals surface area contributed by atoms with Gasteiger partial charge in [0.2, 0.25) is 11.8 Å². The summed E-state index contributed by atoms with van der Waals surface area (Å²) in [7, 11) is 0. The van der Waals surface area contributed by atoms with Gasteiger partial charge >= 0.3 is 0 Å². The van der Waals surface area contributed by atoms with E-state index in [9.17, 15) is 9.59 Å². The van der Waals surface area contributed by atoms with Gasteiger partial charge in [-0.3, -0.25) is 9.59 Å². The van der Waals surface area contributed by atoms with Crippen LogP contribution in [0, 0.1) is 5.92 Å². The van der Waals surface area contributed by atoms with Gasteiger partial charge in [0.05, 0.1) is 17.1 Å². The second-order valence-corrected chi connectivity index (χ2v) is 7.90. The SMILES string of the molecule is CC(C)C(=O)NC(C)c1nc2ccccc2n1CC(=O)Nc1ccc(Br)cc1. The number of fused-ring (bicyclic) bond motifs is 1. The zero-order valence-corrected chi connectivity index (χ0v) is 17.7. The quantitative estimate of drug-likeness (QED) is 0.598. The minimum Gasteiger partial charge on any atom is -0.346 e. The number of nitrogens with zero attached hydrogens (tertiary/aromatic N) is 2. The fourth-order valence-corrected chi connectivity index (χ4v) is 3.18. The van der Waals surface area contributed by atoms with Gasteiger partial charge in [0.25, 0.3) is 0 Å². The number of aromatic nitrogens is 2. The largest absolute Gasteiger partial charge is 0.346 e. The first kappa shape index (κ1) is 20.1. The summed E-state index contributed by atoms with van der Waals surface area (Å²) in [5.74, 6) is 0.321. The van der Waals surface area contributed by atoms with Crippen LogP contribution in [0.5, 0.6) is 0 Å². The molecule has 1 heterocycles. The molecule has 0 spiro atoms. The second-order valence-electron chi connectivity index (χ2n) is 6.98. The number of halogens is 1. The lowest BCUT2D eigenvalue weighted by Crippen LogP contribution is -2.32. The van der Waals surface area contributed by atoms with Gasteiger partial charge < -0.3 is 15.2 Å². The van der Waals surface area contributed by atoms with E-state index in [0.717, 1.165) is 21.2 Å². The van der Waals surface area contributed by atoms with Crippen LogP contribution in [0.4, 0.5) is 5.69 Å². The Labute approximate surface area is 172 Å². The first-order valence-corrected chi connectivity index (χ1v) is 9.95. The smallest absolute Gasteiger partial charge is 0.244 e. The number of hydrogen-bond acceptors (Lipinski definition) is 3. The van der Waals surface area contributed by atoms with Crippen molar-refractivity contribution in [3.05, 3.63) is 58.8 Å². The van der Waals surface area contributed by atoms with Gasteiger partial charge in [0, 0.05) is 16.1 Å². The van der Waals surface area contributed by atoms with Crippen molar-refractivity contribution >= 4 is 44.5 Å². The molecule has 0 aliphatic rings. The van der Waals surface area contributed by atoms with E-state index in [2.05, 4.69) is 31.5 Å². The summed E-state index contributed by atoms with van der Waals surface area (Å²) in [6, 6.07) is 14.7. The highest BCUT2D eigenvalue weighted by Gasteiger charge is 2.21. The second kappa shape index (κ2) is 8.56. The first-order valence-electron chi connectivity index (χ1n) is 9.16. The molecule has 2 amide bonds. The predicted molar refractivity (Wildman–Crippen MR) is 114 cm³/mol. The van der Waals surface area contributed by atoms with Crippen molar-refractivity contribution in [3.63, 3.8) is 0 Å². The van der Waals surface area contributed by atoms with E-state index in [-0.39, 0.29) is 30.3 Å². The third kappa shape index (κ3) is 4.59. The van der Waals surface area contributed by atoms with Gasteiger partial charge in [0.15, 0.2) is 0 Å². The molecule has 1 aromatic heterocycles. The molecule has 146 valence electrons. The standard InChI is InChI=1S/C21H23BrN4O2/c1-13(2)21(28)23-14(3)20-25-17-6-4-5-7-18(17)26(20)12-19(27)24-16-10-8-15(22)9-11-16/h4-11,13-14H,12H2,1-3H3,(H,23,28)(H,24,27). The average molecular weight is 443 g/mol. The summed E-state index contributed by atoms with van der Waals surface area (Å²) < 4.78 is 2.80. The van der Waals surface area contributed by atoms with E-state index in [1.54, 1.807) is 0 Å². The Morgan fingerprint density at radius 1 is 1.07 bits per heavy atom. The van der Waals surface area contributed by atoms with Crippen molar-refractivity contribution in [1.82, 2.24) is 14.9 Å². The van der Waals surface area contributed by atoms with Crippen molar-refractivity contribution in [1.29, 1.82) is 0 Å². The topological polar surface area (TPSA) is 76.0 Å². The average Bonchev–Trinajstić information content (AvgIpc) is 3.02. The molecule has 0 bridgehead atoms. The number of carbonyl (C=O) groups excluding carboxylic acids is 2. The molecule has 1 atom stereocenters. The number of benzene rings is 2. The summed E-state index contributed by atoms with van der Waals surface area (Å²) in [5.41, 5.74) is 2.37. The van der Waals surface area contributed by atoms with E-state index in [1.165, 1.54) is 0 Å². The van der Waals surface area contributed by atoms with Gasteiger partial charge in [-0.25, -0.2) is 4.98 Å². The van der Waals surface area contributed by atoms with E-state index >= 15 is 0 Å². The number of carbonyl (C=O) groups is 2. The van der Waals surface area contributed by atoms with E-state index in [0.29, 0.717) is 5.82 Å². The van der Waals surface area contributed by atoms with Crippen molar-refractivity contribution in [3.8, 4) is 0 Å². The summed E-state index contributed by atoms with van der Waals surface area (Å²) >= 11 is 3.38. The molecule has 1 unspecified atom stereocenters. The summed E-state index contributed by atoms with van der Waals surface area (Å²) in [5, 5.41) is 5.87.